The second-order valence-electron chi connectivity index (χ2n) is 4.96. The average Bonchev–Trinajstić information content (AvgIpc) is 2.29. The highest BCUT2D eigenvalue weighted by Gasteiger charge is 2.06. The van der Waals surface area contributed by atoms with Crippen molar-refractivity contribution >= 4 is 11.8 Å². The molecule has 0 aromatic heterocycles. The van der Waals surface area contributed by atoms with Gasteiger partial charge in [-0.2, -0.15) is 11.8 Å². The molecule has 104 valence electrons. The van der Waals surface area contributed by atoms with Gasteiger partial charge in [0.25, 0.3) is 0 Å². The zero-order valence-electron chi connectivity index (χ0n) is 12.5. The van der Waals surface area contributed by atoms with Gasteiger partial charge in [-0.1, -0.05) is 34.9 Å². The van der Waals surface area contributed by atoms with Crippen LogP contribution in [0, 0.1) is 0 Å². The Bertz CT molecular complexity index is 309. The smallest absolute Gasteiger partial charge is 0.0615 e. The molecule has 0 amide bonds. The van der Waals surface area contributed by atoms with Crippen LogP contribution in [0.25, 0.3) is 0 Å². The second kappa shape index (κ2) is 10.5. The molecule has 0 bridgehead atoms. The van der Waals surface area contributed by atoms with Gasteiger partial charge in [-0.05, 0) is 53.2 Å². The Kier molecular flexibility index (Phi) is 10.2. The number of allylic oxidation sites excluding steroid dienone is 4. The number of aliphatic hydroxyl groups excluding tert-OH is 1. The van der Waals surface area contributed by atoms with E-state index in [4.69, 9.17) is 5.11 Å². The Morgan fingerprint density at radius 2 is 1.78 bits per heavy atom. The summed E-state index contributed by atoms with van der Waals surface area (Å²) in [4.78, 5) is 0. The fraction of sp³-hybridized carbons (Fsp3) is 0.625. The highest BCUT2D eigenvalue weighted by molar-refractivity contribution is 7.99. The van der Waals surface area contributed by atoms with Gasteiger partial charge in [-0.25, -0.2) is 0 Å². The van der Waals surface area contributed by atoms with E-state index in [2.05, 4.69) is 46.1 Å². The minimum Gasteiger partial charge on any atom is -0.392 e. The molecule has 0 saturated heterocycles. The fourth-order valence-electron chi connectivity index (χ4n) is 1.74. The first kappa shape index (κ1) is 17.5. The van der Waals surface area contributed by atoms with Crippen LogP contribution in [0.3, 0.4) is 0 Å². The summed E-state index contributed by atoms with van der Waals surface area (Å²) in [5.41, 5.74) is 4.13. The van der Waals surface area contributed by atoms with Crippen LogP contribution < -0.4 is 0 Å². The van der Waals surface area contributed by atoms with Gasteiger partial charge in [0, 0.05) is 5.25 Å². The van der Waals surface area contributed by atoms with Gasteiger partial charge in [0.05, 0.1) is 6.61 Å². The Morgan fingerprint density at radius 3 is 2.28 bits per heavy atom. The van der Waals surface area contributed by atoms with Crippen LogP contribution in [0.4, 0.5) is 0 Å². The van der Waals surface area contributed by atoms with Gasteiger partial charge in [-0.3, -0.25) is 0 Å². The van der Waals surface area contributed by atoms with Crippen molar-refractivity contribution in [3.63, 3.8) is 0 Å². The van der Waals surface area contributed by atoms with Crippen molar-refractivity contribution < 1.29 is 5.11 Å². The number of thioether (sulfide) groups is 1. The van der Waals surface area contributed by atoms with Gasteiger partial charge in [0.2, 0.25) is 0 Å². The third kappa shape index (κ3) is 8.60. The zero-order valence-corrected chi connectivity index (χ0v) is 13.3. The Labute approximate surface area is 117 Å². The molecule has 0 rings (SSSR count). The normalized spacial score (nSPS) is 14.6. The van der Waals surface area contributed by atoms with E-state index in [0.717, 1.165) is 19.3 Å². The van der Waals surface area contributed by atoms with E-state index in [1.807, 2.05) is 17.8 Å². The van der Waals surface area contributed by atoms with Crippen LogP contribution in [0.1, 0.15) is 47.0 Å². The zero-order chi connectivity index (χ0) is 14.0. The Morgan fingerprint density at radius 1 is 1.11 bits per heavy atom. The highest BCUT2D eigenvalue weighted by Crippen LogP contribution is 2.21. The summed E-state index contributed by atoms with van der Waals surface area (Å²) in [5, 5.41) is 9.41. The van der Waals surface area contributed by atoms with Crippen molar-refractivity contribution in [2.24, 2.45) is 0 Å². The van der Waals surface area contributed by atoms with Crippen molar-refractivity contribution in [3.05, 3.63) is 34.9 Å². The second-order valence-corrected chi connectivity index (χ2v) is 6.00. The maximum atomic E-state index is 8.92. The molecular weight excluding hydrogens is 240 g/mol. The summed E-state index contributed by atoms with van der Waals surface area (Å²) in [7, 11) is 0. The lowest BCUT2D eigenvalue weighted by Gasteiger charge is -2.13. The topological polar surface area (TPSA) is 20.2 Å². The molecule has 0 saturated carbocycles. The van der Waals surface area contributed by atoms with Gasteiger partial charge in [-0.15, -0.1) is 0 Å². The SMILES string of the molecule is CSC(CC=C(C)CCC=C(C)C)C(C)=CCO. The van der Waals surface area contributed by atoms with E-state index in [1.165, 1.54) is 16.7 Å². The molecular formula is C16H28OS. The van der Waals surface area contributed by atoms with Gasteiger partial charge >= 0.3 is 0 Å². The van der Waals surface area contributed by atoms with Gasteiger partial charge in [0.1, 0.15) is 0 Å². The van der Waals surface area contributed by atoms with Crippen LogP contribution in [0.15, 0.2) is 34.9 Å². The minimum absolute atomic E-state index is 0.145. The number of hydrogen-bond donors (Lipinski definition) is 1. The van der Waals surface area contributed by atoms with E-state index in [0.29, 0.717) is 5.25 Å². The number of hydrogen-bond acceptors (Lipinski definition) is 2. The molecule has 1 atom stereocenters. The fourth-order valence-corrected chi connectivity index (χ4v) is 2.50. The maximum absolute atomic E-state index is 8.92. The summed E-state index contributed by atoms with van der Waals surface area (Å²) < 4.78 is 0. The average molecular weight is 268 g/mol. The molecule has 0 spiro atoms. The van der Waals surface area contributed by atoms with Crippen molar-refractivity contribution in [2.75, 3.05) is 12.9 Å². The van der Waals surface area contributed by atoms with E-state index in [1.54, 1.807) is 0 Å². The third-order valence-corrected chi connectivity index (χ3v) is 4.11. The number of aliphatic hydroxyl groups is 1. The highest BCUT2D eigenvalue weighted by atomic mass is 32.2. The molecule has 0 aromatic rings. The quantitative estimate of drug-likeness (QED) is 0.642. The predicted molar refractivity (Wildman–Crippen MR) is 85.2 cm³/mol. The summed E-state index contributed by atoms with van der Waals surface area (Å²) in [6.07, 6.45) is 12.0. The van der Waals surface area contributed by atoms with E-state index in [-0.39, 0.29) is 6.61 Å². The lowest BCUT2D eigenvalue weighted by molar-refractivity contribution is 0.341. The first-order valence-electron chi connectivity index (χ1n) is 6.60. The summed E-state index contributed by atoms with van der Waals surface area (Å²) in [5.74, 6) is 0. The molecule has 1 nitrogen and oxygen atoms in total. The van der Waals surface area contributed by atoms with Crippen LogP contribution in [0.2, 0.25) is 0 Å². The molecule has 0 heterocycles. The molecule has 0 aliphatic heterocycles. The molecule has 1 N–H and O–H groups in total. The van der Waals surface area contributed by atoms with E-state index in [9.17, 15) is 0 Å². The lowest BCUT2D eigenvalue weighted by Crippen LogP contribution is -2.03. The van der Waals surface area contributed by atoms with E-state index < -0.39 is 0 Å². The number of rotatable bonds is 8. The van der Waals surface area contributed by atoms with Crippen LogP contribution in [-0.4, -0.2) is 23.2 Å². The minimum atomic E-state index is 0.145. The predicted octanol–water partition coefficient (Wildman–Crippen LogP) is 4.74. The summed E-state index contributed by atoms with van der Waals surface area (Å²) in [6, 6.07) is 0. The molecule has 2 heteroatoms. The maximum Gasteiger partial charge on any atom is 0.0615 e. The molecule has 0 aliphatic rings. The van der Waals surface area contributed by atoms with Gasteiger partial charge < -0.3 is 5.11 Å². The summed E-state index contributed by atoms with van der Waals surface area (Å²) >= 11 is 1.85. The van der Waals surface area contributed by atoms with Crippen LogP contribution in [-0.2, 0) is 0 Å². The van der Waals surface area contributed by atoms with Crippen molar-refractivity contribution in [3.8, 4) is 0 Å². The molecule has 0 aliphatic carbocycles. The largest absolute Gasteiger partial charge is 0.392 e. The van der Waals surface area contributed by atoms with Crippen molar-refractivity contribution in [2.45, 2.75) is 52.2 Å². The van der Waals surface area contributed by atoms with E-state index >= 15 is 0 Å². The van der Waals surface area contributed by atoms with Crippen molar-refractivity contribution in [1.82, 2.24) is 0 Å². The lowest BCUT2D eigenvalue weighted by atomic mass is 10.1. The first-order chi connectivity index (χ1) is 8.51. The Hall–Kier alpha value is -0.470. The standard InChI is InChI=1S/C16H28OS/c1-13(2)7-6-8-14(3)9-10-16(18-5)15(4)11-12-17/h7,9,11,16-17H,6,8,10,12H2,1-5H3. The first-order valence-corrected chi connectivity index (χ1v) is 7.89. The molecule has 1 unspecified atom stereocenters. The Balaban J connectivity index is 4.24. The molecule has 0 radical (unpaired) electrons. The van der Waals surface area contributed by atoms with Crippen molar-refractivity contribution in [1.29, 1.82) is 0 Å². The summed E-state index contributed by atoms with van der Waals surface area (Å²) in [6.45, 7) is 8.74. The van der Waals surface area contributed by atoms with Crippen LogP contribution in [0.5, 0.6) is 0 Å². The van der Waals surface area contributed by atoms with Gasteiger partial charge in [0.15, 0.2) is 0 Å². The molecule has 0 aromatic carbocycles. The third-order valence-electron chi connectivity index (χ3n) is 2.98. The molecule has 18 heavy (non-hydrogen) atoms. The van der Waals surface area contributed by atoms with Crippen LogP contribution >= 0.6 is 11.8 Å². The molecule has 0 fully saturated rings. The monoisotopic (exact) mass is 268 g/mol.